The molecule has 25 heavy (non-hydrogen) atoms. The first-order chi connectivity index (χ1) is 11.6. The molecule has 0 radical (unpaired) electrons. The van der Waals surface area contributed by atoms with Crippen LogP contribution < -0.4 is 10.2 Å². The van der Waals surface area contributed by atoms with Gasteiger partial charge in [0.2, 0.25) is 0 Å². The van der Waals surface area contributed by atoms with Crippen molar-refractivity contribution in [3.8, 4) is 5.75 Å². The van der Waals surface area contributed by atoms with Gasteiger partial charge in [0.1, 0.15) is 5.75 Å². The third kappa shape index (κ3) is 3.21. The summed E-state index contributed by atoms with van der Waals surface area (Å²) in [6.45, 7) is 13.1. The van der Waals surface area contributed by atoms with Crippen molar-refractivity contribution in [2.45, 2.75) is 59.3 Å². The fraction of sp³-hybridized carbons (Fsp3) is 0.526. The van der Waals surface area contributed by atoms with Crippen LogP contribution in [0.1, 0.15) is 44.6 Å². The van der Waals surface area contributed by atoms with E-state index in [0.29, 0.717) is 6.54 Å². The maximum Gasteiger partial charge on any atom is 0.498 e. The Kier molecular flexibility index (Phi) is 4.46. The summed E-state index contributed by atoms with van der Waals surface area (Å²) in [4.78, 5) is 0. The highest BCUT2D eigenvalue weighted by Crippen LogP contribution is 2.36. The number of rotatable bonds is 4. The Morgan fingerprint density at radius 3 is 2.12 bits per heavy atom. The maximum absolute atomic E-state index is 6.21. The quantitative estimate of drug-likeness (QED) is 0.802. The van der Waals surface area contributed by atoms with E-state index < -0.39 is 0 Å². The van der Waals surface area contributed by atoms with E-state index in [-0.39, 0.29) is 18.3 Å². The van der Waals surface area contributed by atoms with Crippen LogP contribution in [0.2, 0.25) is 0 Å². The molecule has 2 aromatic rings. The lowest BCUT2D eigenvalue weighted by molar-refractivity contribution is 0.00578. The predicted molar refractivity (Wildman–Crippen MR) is 99.5 cm³/mol. The molecule has 0 N–H and O–H groups in total. The van der Waals surface area contributed by atoms with E-state index in [1.165, 1.54) is 5.56 Å². The van der Waals surface area contributed by atoms with Crippen LogP contribution in [0.15, 0.2) is 24.3 Å². The number of hydrogen-bond acceptors (Lipinski definition) is 4. The summed E-state index contributed by atoms with van der Waals surface area (Å²) in [5, 5.41) is 4.71. The van der Waals surface area contributed by atoms with E-state index in [4.69, 9.17) is 19.1 Å². The monoisotopic (exact) mass is 342 g/mol. The van der Waals surface area contributed by atoms with Crippen molar-refractivity contribution >= 4 is 12.6 Å². The van der Waals surface area contributed by atoms with Gasteiger partial charge in [0.05, 0.1) is 30.6 Å². The van der Waals surface area contributed by atoms with E-state index >= 15 is 0 Å². The van der Waals surface area contributed by atoms with Crippen molar-refractivity contribution in [2.75, 3.05) is 7.11 Å². The molecule has 134 valence electrons. The Balaban J connectivity index is 1.86. The van der Waals surface area contributed by atoms with Crippen molar-refractivity contribution in [1.29, 1.82) is 0 Å². The lowest BCUT2D eigenvalue weighted by Gasteiger charge is -2.32. The van der Waals surface area contributed by atoms with Crippen molar-refractivity contribution in [2.24, 2.45) is 0 Å². The van der Waals surface area contributed by atoms with Crippen LogP contribution in [0, 0.1) is 13.8 Å². The van der Waals surface area contributed by atoms with E-state index in [0.717, 1.165) is 22.6 Å². The molecular weight excluding hydrogens is 315 g/mol. The van der Waals surface area contributed by atoms with Gasteiger partial charge in [0.15, 0.2) is 0 Å². The van der Waals surface area contributed by atoms with Gasteiger partial charge in [-0.1, -0.05) is 12.1 Å². The van der Waals surface area contributed by atoms with Gasteiger partial charge in [-0.3, -0.25) is 4.68 Å². The minimum atomic E-state index is -0.380. The highest BCUT2D eigenvalue weighted by atomic mass is 16.7. The molecule has 1 fully saturated rings. The summed E-state index contributed by atoms with van der Waals surface area (Å²) in [6, 6.07) is 8.06. The molecule has 2 heterocycles. The van der Waals surface area contributed by atoms with Gasteiger partial charge in [0.25, 0.3) is 0 Å². The van der Waals surface area contributed by atoms with Crippen LogP contribution in [0.5, 0.6) is 5.75 Å². The minimum Gasteiger partial charge on any atom is -0.497 e. The Hall–Kier alpha value is -1.79. The molecule has 0 saturated carbocycles. The van der Waals surface area contributed by atoms with Crippen molar-refractivity contribution in [1.82, 2.24) is 9.78 Å². The molecule has 1 saturated heterocycles. The van der Waals surface area contributed by atoms with Crippen LogP contribution in [0.3, 0.4) is 0 Å². The van der Waals surface area contributed by atoms with Crippen molar-refractivity contribution < 1.29 is 14.0 Å². The fourth-order valence-corrected chi connectivity index (χ4v) is 3.07. The second-order valence-corrected chi connectivity index (χ2v) is 7.68. The SMILES string of the molecule is COc1ccc(Cn2nc(C)c(B3OC(C)(C)C(C)(C)O3)c2C)cc1. The number of ether oxygens (including phenoxy) is 1. The Morgan fingerprint density at radius 1 is 1.04 bits per heavy atom. The number of aryl methyl sites for hydroxylation is 1. The zero-order valence-electron chi connectivity index (χ0n) is 16.2. The second-order valence-electron chi connectivity index (χ2n) is 7.68. The Morgan fingerprint density at radius 2 is 1.60 bits per heavy atom. The van der Waals surface area contributed by atoms with Gasteiger partial charge in [-0.05, 0) is 59.2 Å². The molecule has 0 aliphatic carbocycles. The first-order valence-electron chi connectivity index (χ1n) is 8.67. The molecule has 0 atom stereocenters. The minimum absolute atomic E-state index is 0.353. The zero-order chi connectivity index (χ0) is 18.4. The van der Waals surface area contributed by atoms with Crippen molar-refractivity contribution in [3.05, 3.63) is 41.2 Å². The standard InChI is InChI=1S/C19H27BN2O3/c1-13-17(20-24-18(3,4)19(5,6)25-20)14(2)22(21-13)12-15-8-10-16(23-7)11-9-15/h8-11H,12H2,1-7H3. The summed E-state index contributed by atoms with van der Waals surface area (Å²) in [7, 11) is 1.29. The maximum atomic E-state index is 6.21. The van der Waals surface area contributed by atoms with Gasteiger partial charge in [-0.15, -0.1) is 0 Å². The molecule has 1 aliphatic heterocycles. The van der Waals surface area contributed by atoms with Crippen LogP contribution >= 0.6 is 0 Å². The average molecular weight is 342 g/mol. The van der Waals surface area contributed by atoms with Crippen LogP contribution in [-0.4, -0.2) is 35.2 Å². The number of aromatic nitrogens is 2. The summed E-state index contributed by atoms with van der Waals surface area (Å²) in [5.74, 6) is 0.857. The van der Waals surface area contributed by atoms with E-state index in [2.05, 4.69) is 46.8 Å². The third-order valence-corrected chi connectivity index (χ3v) is 5.42. The number of nitrogens with zero attached hydrogens (tertiary/aromatic N) is 2. The summed E-state index contributed by atoms with van der Waals surface area (Å²) in [6.07, 6.45) is 0. The summed E-state index contributed by atoms with van der Waals surface area (Å²) in [5.41, 5.74) is 3.53. The molecular formula is C19H27BN2O3. The molecule has 0 unspecified atom stereocenters. The molecule has 1 aliphatic rings. The number of methoxy groups -OCH3 is 1. The van der Waals surface area contributed by atoms with Crippen LogP contribution in [-0.2, 0) is 15.9 Å². The smallest absolute Gasteiger partial charge is 0.497 e. The highest BCUT2D eigenvalue weighted by molar-refractivity contribution is 6.63. The van der Waals surface area contributed by atoms with Gasteiger partial charge in [-0.2, -0.15) is 5.10 Å². The Bertz CT molecular complexity index is 750. The first kappa shape index (κ1) is 18.0. The van der Waals surface area contributed by atoms with Gasteiger partial charge >= 0.3 is 7.12 Å². The normalized spacial score (nSPS) is 18.6. The molecule has 1 aromatic carbocycles. The van der Waals surface area contributed by atoms with Gasteiger partial charge in [-0.25, -0.2) is 0 Å². The van der Waals surface area contributed by atoms with E-state index in [1.807, 2.05) is 23.7 Å². The molecule has 3 rings (SSSR count). The zero-order valence-corrected chi connectivity index (χ0v) is 16.2. The molecule has 6 heteroatoms. The second kappa shape index (κ2) is 6.18. The van der Waals surface area contributed by atoms with Crippen LogP contribution in [0.25, 0.3) is 0 Å². The van der Waals surface area contributed by atoms with Crippen LogP contribution in [0.4, 0.5) is 0 Å². The molecule has 0 bridgehead atoms. The lowest BCUT2D eigenvalue weighted by atomic mass is 9.77. The molecule has 5 nitrogen and oxygen atoms in total. The Labute approximate surface area is 150 Å². The van der Waals surface area contributed by atoms with Gasteiger partial charge < -0.3 is 14.0 Å². The summed E-state index contributed by atoms with van der Waals surface area (Å²) >= 11 is 0. The molecule has 1 aromatic heterocycles. The first-order valence-corrected chi connectivity index (χ1v) is 8.67. The van der Waals surface area contributed by atoms with Crippen molar-refractivity contribution in [3.63, 3.8) is 0 Å². The molecule has 0 amide bonds. The molecule has 0 spiro atoms. The third-order valence-electron chi connectivity index (χ3n) is 5.42. The summed E-state index contributed by atoms with van der Waals surface area (Å²) < 4.78 is 19.7. The topological polar surface area (TPSA) is 45.5 Å². The fourth-order valence-electron chi connectivity index (χ4n) is 3.07. The van der Waals surface area contributed by atoms with E-state index in [9.17, 15) is 0 Å². The predicted octanol–water partition coefficient (Wildman–Crippen LogP) is 2.86. The van der Waals surface area contributed by atoms with E-state index in [1.54, 1.807) is 7.11 Å². The lowest BCUT2D eigenvalue weighted by Crippen LogP contribution is -2.41. The number of benzene rings is 1. The highest BCUT2D eigenvalue weighted by Gasteiger charge is 2.53. The number of hydrogen-bond donors (Lipinski definition) is 0. The largest absolute Gasteiger partial charge is 0.498 e. The average Bonchev–Trinajstić information content (AvgIpc) is 2.92. The van der Waals surface area contributed by atoms with Gasteiger partial charge in [0, 0.05) is 11.2 Å².